The monoisotopic (exact) mass is 450 g/mol. The van der Waals surface area contributed by atoms with E-state index >= 15 is 0 Å². The summed E-state index contributed by atoms with van der Waals surface area (Å²) in [5.41, 5.74) is 6.70. The zero-order valence-corrected chi connectivity index (χ0v) is 16.0. The van der Waals surface area contributed by atoms with E-state index in [1.165, 1.54) is 0 Å². The summed E-state index contributed by atoms with van der Waals surface area (Å²) >= 11 is 0. The first-order valence-electron chi connectivity index (χ1n) is 8.34. The third kappa shape index (κ3) is 5.71. The highest BCUT2D eigenvalue weighted by atomic mass is 19.4. The number of rotatable bonds is 4. The molecular weight excluding hydrogens is 434 g/mol. The van der Waals surface area contributed by atoms with E-state index in [-0.39, 0.29) is 11.4 Å². The van der Waals surface area contributed by atoms with Gasteiger partial charge in [0.15, 0.2) is 0 Å². The van der Waals surface area contributed by atoms with Gasteiger partial charge < -0.3 is 26.8 Å². The van der Waals surface area contributed by atoms with Gasteiger partial charge in [-0.15, -0.1) is 0 Å². The van der Waals surface area contributed by atoms with Crippen LogP contribution in [0.15, 0.2) is 24.3 Å². The second-order valence-electron chi connectivity index (χ2n) is 6.33. The molecule has 2 amide bonds. The fourth-order valence-corrected chi connectivity index (χ4v) is 2.52. The van der Waals surface area contributed by atoms with Crippen LogP contribution in [0.2, 0.25) is 0 Å². The van der Waals surface area contributed by atoms with Gasteiger partial charge in [0.1, 0.15) is 22.6 Å². The number of hydrogen-bond donors (Lipinski definition) is 4. The van der Waals surface area contributed by atoms with Gasteiger partial charge in [-0.25, -0.2) is 0 Å². The van der Waals surface area contributed by atoms with Gasteiger partial charge in [0, 0.05) is 26.0 Å². The number of benzene rings is 2. The van der Waals surface area contributed by atoms with E-state index in [1.807, 2.05) is 0 Å². The Bertz CT molecular complexity index is 953. The maximum Gasteiger partial charge on any atom is 0.420 e. The van der Waals surface area contributed by atoms with Crippen LogP contribution in [0.3, 0.4) is 0 Å². The minimum absolute atomic E-state index is 0.380. The largest absolute Gasteiger partial charge is 0.456 e. The highest BCUT2D eigenvalue weighted by Crippen LogP contribution is 2.46. The van der Waals surface area contributed by atoms with Crippen LogP contribution in [0.25, 0.3) is 0 Å². The lowest BCUT2D eigenvalue weighted by molar-refractivity contribution is -0.139. The second kappa shape index (κ2) is 8.24. The molecular formula is C18H16F6N4O3. The van der Waals surface area contributed by atoms with E-state index in [0.717, 1.165) is 13.8 Å². The van der Waals surface area contributed by atoms with Crippen LogP contribution in [0, 0.1) is 0 Å². The Kier molecular flexibility index (Phi) is 6.28. The summed E-state index contributed by atoms with van der Waals surface area (Å²) in [6, 6.07) is 2.14. The molecule has 0 atom stereocenters. The van der Waals surface area contributed by atoms with Crippen LogP contribution >= 0.6 is 0 Å². The molecule has 0 aromatic heterocycles. The van der Waals surface area contributed by atoms with Gasteiger partial charge >= 0.3 is 12.4 Å². The minimum Gasteiger partial charge on any atom is -0.456 e. The number of carbonyl (C=O) groups is 2. The molecule has 0 bridgehead atoms. The van der Waals surface area contributed by atoms with Gasteiger partial charge in [-0.3, -0.25) is 9.59 Å². The van der Waals surface area contributed by atoms with Crippen molar-refractivity contribution >= 4 is 34.6 Å². The molecule has 2 aromatic carbocycles. The Labute approximate surface area is 171 Å². The number of ether oxygens (including phenoxy) is 1. The van der Waals surface area contributed by atoms with E-state index in [4.69, 9.17) is 16.2 Å². The van der Waals surface area contributed by atoms with Crippen LogP contribution in [0.1, 0.15) is 25.0 Å². The Morgan fingerprint density at radius 3 is 1.32 bits per heavy atom. The summed E-state index contributed by atoms with van der Waals surface area (Å²) in [6.45, 7) is 2.07. The Balaban J connectivity index is 2.66. The number of alkyl halides is 6. The van der Waals surface area contributed by atoms with E-state index in [2.05, 4.69) is 10.6 Å². The SMILES string of the molecule is CC(=O)Nc1cc(C(F)(F)F)c(Oc2cc(N)c(NC(C)=O)cc2C(F)(F)F)cc1N. The van der Waals surface area contributed by atoms with Crippen molar-refractivity contribution in [1.29, 1.82) is 0 Å². The molecule has 0 aliphatic rings. The zero-order valence-electron chi connectivity index (χ0n) is 16.0. The Hall–Kier alpha value is -3.64. The maximum atomic E-state index is 13.5. The molecule has 0 unspecified atom stereocenters. The van der Waals surface area contributed by atoms with Crippen molar-refractivity contribution in [3.8, 4) is 11.5 Å². The summed E-state index contributed by atoms with van der Waals surface area (Å²) in [7, 11) is 0. The smallest absolute Gasteiger partial charge is 0.420 e. The Morgan fingerprint density at radius 2 is 1.06 bits per heavy atom. The lowest BCUT2D eigenvalue weighted by atomic mass is 10.1. The van der Waals surface area contributed by atoms with Gasteiger partial charge in [0.2, 0.25) is 11.8 Å². The second-order valence-corrected chi connectivity index (χ2v) is 6.33. The first-order valence-corrected chi connectivity index (χ1v) is 8.34. The average molecular weight is 450 g/mol. The van der Waals surface area contributed by atoms with Gasteiger partial charge in [0.25, 0.3) is 0 Å². The molecule has 0 aliphatic carbocycles. The zero-order chi connectivity index (χ0) is 23.7. The van der Waals surface area contributed by atoms with Crippen LogP contribution in [-0.2, 0) is 21.9 Å². The van der Waals surface area contributed by atoms with Crippen molar-refractivity contribution in [2.45, 2.75) is 26.2 Å². The average Bonchev–Trinajstić information content (AvgIpc) is 2.56. The van der Waals surface area contributed by atoms with Crippen molar-refractivity contribution < 1.29 is 40.7 Å². The predicted octanol–water partition coefficient (Wildman–Crippen LogP) is 4.60. The van der Waals surface area contributed by atoms with Gasteiger partial charge in [-0.1, -0.05) is 0 Å². The van der Waals surface area contributed by atoms with Crippen molar-refractivity contribution in [2.75, 3.05) is 22.1 Å². The molecule has 2 rings (SSSR count). The van der Waals surface area contributed by atoms with Crippen LogP contribution in [0.5, 0.6) is 11.5 Å². The van der Waals surface area contributed by atoms with Gasteiger partial charge in [-0.2, -0.15) is 26.3 Å². The molecule has 2 aromatic rings. The number of nitrogen functional groups attached to an aromatic ring is 2. The third-order valence-corrected chi connectivity index (χ3v) is 3.76. The number of nitrogens with two attached hydrogens (primary N) is 2. The first kappa shape index (κ1) is 23.6. The standard InChI is InChI=1S/C18H16F6N4O3/c1-7(29)27-13-3-9(17(19,20)21)15(5-11(13)25)31-16-6-12(26)14(28-8(2)30)4-10(16)18(22,23)24/h3-6H,25-26H2,1-2H3,(H,27,29)(H,28,30). The molecule has 0 aliphatic heterocycles. The number of hydrogen-bond acceptors (Lipinski definition) is 5. The lowest BCUT2D eigenvalue weighted by Crippen LogP contribution is -2.15. The molecule has 13 heteroatoms. The fraction of sp³-hybridized carbons (Fsp3) is 0.222. The van der Waals surface area contributed by atoms with E-state index in [1.54, 1.807) is 0 Å². The highest BCUT2D eigenvalue weighted by molar-refractivity contribution is 5.93. The molecule has 0 fully saturated rings. The molecule has 0 saturated carbocycles. The van der Waals surface area contributed by atoms with Crippen LogP contribution in [0.4, 0.5) is 49.1 Å². The molecule has 0 radical (unpaired) electrons. The normalized spacial score (nSPS) is 11.7. The number of nitrogens with one attached hydrogen (secondary N) is 2. The van der Waals surface area contributed by atoms with E-state index < -0.39 is 58.2 Å². The molecule has 6 N–H and O–H groups in total. The predicted molar refractivity (Wildman–Crippen MR) is 100 cm³/mol. The molecule has 168 valence electrons. The first-order chi connectivity index (χ1) is 14.1. The van der Waals surface area contributed by atoms with E-state index in [9.17, 15) is 35.9 Å². The quantitative estimate of drug-likeness (QED) is 0.401. The number of anilines is 4. The third-order valence-electron chi connectivity index (χ3n) is 3.76. The fourth-order valence-electron chi connectivity index (χ4n) is 2.52. The summed E-state index contributed by atoms with van der Waals surface area (Å²) in [5.74, 6) is -3.52. The Morgan fingerprint density at radius 1 is 0.742 bits per heavy atom. The molecule has 7 nitrogen and oxygen atoms in total. The topological polar surface area (TPSA) is 119 Å². The van der Waals surface area contributed by atoms with Crippen LogP contribution < -0.4 is 26.8 Å². The molecule has 0 heterocycles. The number of amides is 2. The van der Waals surface area contributed by atoms with Gasteiger partial charge in [-0.05, 0) is 12.1 Å². The van der Waals surface area contributed by atoms with Crippen molar-refractivity contribution in [3.05, 3.63) is 35.4 Å². The summed E-state index contributed by atoms with van der Waals surface area (Å²) in [4.78, 5) is 22.3. The van der Waals surface area contributed by atoms with Gasteiger partial charge in [0.05, 0.1) is 22.7 Å². The van der Waals surface area contributed by atoms with Crippen LogP contribution in [-0.4, -0.2) is 11.8 Å². The molecule has 0 saturated heterocycles. The van der Waals surface area contributed by atoms with E-state index in [0.29, 0.717) is 24.3 Å². The highest BCUT2D eigenvalue weighted by Gasteiger charge is 2.39. The van der Waals surface area contributed by atoms with Crippen molar-refractivity contribution in [3.63, 3.8) is 0 Å². The molecule has 0 spiro atoms. The number of halogens is 6. The molecule has 31 heavy (non-hydrogen) atoms. The van der Waals surface area contributed by atoms with Crippen molar-refractivity contribution in [2.24, 2.45) is 0 Å². The summed E-state index contributed by atoms with van der Waals surface area (Å²) < 4.78 is 85.9. The minimum atomic E-state index is -5.06. The maximum absolute atomic E-state index is 13.5. The van der Waals surface area contributed by atoms with Crippen molar-refractivity contribution in [1.82, 2.24) is 0 Å². The summed E-state index contributed by atoms with van der Waals surface area (Å²) in [6.07, 6.45) is -10.1. The lowest BCUT2D eigenvalue weighted by Gasteiger charge is -2.20. The number of carbonyl (C=O) groups excluding carboxylic acids is 2. The summed E-state index contributed by atoms with van der Waals surface area (Å²) in [5, 5.41) is 4.17.